The third kappa shape index (κ3) is 2.30. The van der Waals surface area contributed by atoms with Crippen molar-refractivity contribution in [3.05, 3.63) is 0 Å². The van der Waals surface area contributed by atoms with Gasteiger partial charge in [0.2, 0.25) is 0 Å². The van der Waals surface area contributed by atoms with Gasteiger partial charge in [-0.25, -0.2) is 0 Å². The lowest BCUT2D eigenvalue weighted by Crippen LogP contribution is -2.57. The molecule has 0 amide bonds. The van der Waals surface area contributed by atoms with Gasteiger partial charge in [0.25, 0.3) is 0 Å². The summed E-state index contributed by atoms with van der Waals surface area (Å²) < 4.78 is 0. The molecule has 1 heteroatoms. The molecule has 0 aromatic heterocycles. The van der Waals surface area contributed by atoms with E-state index in [4.69, 9.17) is 0 Å². The topological polar surface area (TPSA) is 12.0 Å². The first-order chi connectivity index (χ1) is 7.68. The molecule has 0 radical (unpaired) electrons. The molecule has 3 atom stereocenters. The van der Waals surface area contributed by atoms with Crippen LogP contribution in [0.2, 0.25) is 0 Å². The van der Waals surface area contributed by atoms with E-state index < -0.39 is 0 Å². The quantitative estimate of drug-likeness (QED) is 0.756. The normalized spacial score (nSPS) is 32.1. The second kappa shape index (κ2) is 5.08. The fraction of sp³-hybridized carbons (Fsp3) is 1.00. The highest BCUT2D eigenvalue weighted by Crippen LogP contribution is 2.51. The summed E-state index contributed by atoms with van der Waals surface area (Å²) >= 11 is 0. The van der Waals surface area contributed by atoms with E-state index in [0.29, 0.717) is 6.04 Å². The van der Waals surface area contributed by atoms with Gasteiger partial charge in [0.05, 0.1) is 0 Å². The maximum Gasteiger partial charge on any atom is 0.0126 e. The van der Waals surface area contributed by atoms with Crippen LogP contribution in [0.4, 0.5) is 0 Å². The predicted molar refractivity (Wildman–Crippen MR) is 70.6 cm³/mol. The van der Waals surface area contributed by atoms with Crippen molar-refractivity contribution in [3.63, 3.8) is 0 Å². The molecule has 0 saturated heterocycles. The van der Waals surface area contributed by atoms with E-state index in [1.807, 2.05) is 0 Å². The molecule has 1 spiro atoms. The highest BCUT2D eigenvalue weighted by atomic mass is 15.0. The molecule has 0 aromatic rings. The molecule has 94 valence electrons. The van der Waals surface area contributed by atoms with Gasteiger partial charge in [-0.2, -0.15) is 0 Å². The summed E-state index contributed by atoms with van der Waals surface area (Å²) in [5.41, 5.74) is 0.722. The van der Waals surface area contributed by atoms with Crippen LogP contribution in [0, 0.1) is 11.3 Å². The Balaban J connectivity index is 1.86. The average Bonchev–Trinajstić information content (AvgIpc) is 2.34. The fourth-order valence-electron chi connectivity index (χ4n) is 3.65. The minimum atomic E-state index is 0.703. The summed E-state index contributed by atoms with van der Waals surface area (Å²) in [6, 6.07) is 1.55. The van der Waals surface area contributed by atoms with Crippen LogP contribution in [0.1, 0.15) is 72.1 Å². The number of hydrogen-bond acceptors (Lipinski definition) is 1. The van der Waals surface area contributed by atoms with Crippen molar-refractivity contribution in [1.82, 2.24) is 5.32 Å². The Morgan fingerprint density at radius 1 is 1.12 bits per heavy atom. The van der Waals surface area contributed by atoms with Crippen LogP contribution in [0.5, 0.6) is 0 Å². The molecule has 0 heterocycles. The molecular weight excluding hydrogens is 194 g/mol. The van der Waals surface area contributed by atoms with Gasteiger partial charge in [0.1, 0.15) is 0 Å². The van der Waals surface area contributed by atoms with E-state index >= 15 is 0 Å². The molecule has 3 unspecified atom stereocenters. The van der Waals surface area contributed by atoms with Crippen LogP contribution in [0.3, 0.4) is 0 Å². The van der Waals surface area contributed by atoms with Gasteiger partial charge >= 0.3 is 0 Å². The summed E-state index contributed by atoms with van der Waals surface area (Å²) in [7, 11) is 0. The lowest BCUT2D eigenvalue weighted by molar-refractivity contribution is 0.0137. The van der Waals surface area contributed by atoms with Crippen molar-refractivity contribution in [2.75, 3.05) is 0 Å². The van der Waals surface area contributed by atoms with Crippen molar-refractivity contribution in [2.45, 2.75) is 84.2 Å². The SMILES string of the molecule is CCC(C)C(C)NC1CCC12CCCCC2. The van der Waals surface area contributed by atoms with E-state index in [1.165, 1.54) is 51.4 Å². The summed E-state index contributed by atoms with van der Waals surface area (Å²) in [6.45, 7) is 7.06. The molecule has 1 nitrogen and oxygen atoms in total. The molecule has 2 aliphatic carbocycles. The zero-order chi connectivity index (χ0) is 11.6. The lowest BCUT2D eigenvalue weighted by Gasteiger charge is -2.53. The van der Waals surface area contributed by atoms with Gasteiger partial charge in [-0.1, -0.05) is 39.5 Å². The lowest BCUT2D eigenvalue weighted by atomic mass is 9.57. The van der Waals surface area contributed by atoms with Crippen LogP contribution in [0.25, 0.3) is 0 Å². The predicted octanol–water partition coefficient (Wildman–Crippen LogP) is 4.12. The van der Waals surface area contributed by atoms with Crippen molar-refractivity contribution < 1.29 is 0 Å². The molecule has 2 rings (SSSR count). The third-order valence-corrected chi connectivity index (χ3v) is 5.48. The van der Waals surface area contributed by atoms with Crippen molar-refractivity contribution in [3.8, 4) is 0 Å². The average molecular weight is 223 g/mol. The highest BCUT2D eigenvalue weighted by Gasteiger charge is 2.46. The molecule has 0 aromatic carbocycles. The van der Waals surface area contributed by atoms with E-state index in [9.17, 15) is 0 Å². The van der Waals surface area contributed by atoms with Crippen LogP contribution in [0.15, 0.2) is 0 Å². The van der Waals surface area contributed by atoms with E-state index in [2.05, 4.69) is 26.1 Å². The van der Waals surface area contributed by atoms with Crippen molar-refractivity contribution in [1.29, 1.82) is 0 Å². The zero-order valence-corrected chi connectivity index (χ0v) is 11.4. The van der Waals surface area contributed by atoms with Crippen molar-refractivity contribution >= 4 is 0 Å². The fourth-order valence-corrected chi connectivity index (χ4v) is 3.65. The highest BCUT2D eigenvalue weighted by molar-refractivity contribution is 5.02. The molecule has 0 aliphatic heterocycles. The summed E-state index contributed by atoms with van der Waals surface area (Å²) in [5.74, 6) is 0.821. The van der Waals surface area contributed by atoms with Crippen LogP contribution >= 0.6 is 0 Å². The third-order valence-electron chi connectivity index (χ3n) is 5.48. The standard InChI is InChI=1S/C15H29N/c1-4-12(2)13(3)16-14-8-11-15(14)9-6-5-7-10-15/h12-14,16H,4-11H2,1-3H3. The number of hydrogen-bond donors (Lipinski definition) is 1. The van der Waals surface area contributed by atoms with Crippen LogP contribution in [-0.4, -0.2) is 12.1 Å². The second-order valence-corrected chi connectivity index (χ2v) is 6.36. The minimum absolute atomic E-state index is 0.703. The molecule has 2 saturated carbocycles. The molecule has 16 heavy (non-hydrogen) atoms. The first kappa shape index (κ1) is 12.4. The van der Waals surface area contributed by atoms with Gasteiger partial charge in [0, 0.05) is 12.1 Å². The molecular formula is C15H29N. The Labute approximate surface area is 101 Å². The largest absolute Gasteiger partial charge is 0.311 e. The number of rotatable bonds is 4. The van der Waals surface area contributed by atoms with Crippen LogP contribution in [-0.2, 0) is 0 Å². The van der Waals surface area contributed by atoms with Crippen molar-refractivity contribution in [2.24, 2.45) is 11.3 Å². The maximum atomic E-state index is 3.93. The smallest absolute Gasteiger partial charge is 0.0126 e. The Morgan fingerprint density at radius 3 is 2.31 bits per heavy atom. The Kier molecular flexibility index (Phi) is 3.94. The Morgan fingerprint density at radius 2 is 1.81 bits per heavy atom. The number of nitrogens with one attached hydrogen (secondary N) is 1. The van der Waals surface area contributed by atoms with E-state index in [1.54, 1.807) is 0 Å². The monoisotopic (exact) mass is 223 g/mol. The molecule has 1 N–H and O–H groups in total. The van der Waals surface area contributed by atoms with Gasteiger partial charge < -0.3 is 5.32 Å². The zero-order valence-electron chi connectivity index (χ0n) is 11.4. The van der Waals surface area contributed by atoms with Gasteiger partial charge in [-0.15, -0.1) is 0 Å². The maximum absolute atomic E-state index is 3.93. The minimum Gasteiger partial charge on any atom is -0.311 e. The Hall–Kier alpha value is -0.0400. The Bertz CT molecular complexity index is 217. The van der Waals surface area contributed by atoms with Gasteiger partial charge in [-0.3, -0.25) is 0 Å². The molecule has 0 bridgehead atoms. The van der Waals surface area contributed by atoms with Crippen LogP contribution < -0.4 is 5.32 Å². The summed E-state index contributed by atoms with van der Waals surface area (Å²) in [6.07, 6.45) is 11.7. The van der Waals surface area contributed by atoms with E-state index in [-0.39, 0.29) is 0 Å². The summed E-state index contributed by atoms with van der Waals surface area (Å²) in [4.78, 5) is 0. The van der Waals surface area contributed by atoms with Gasteiger partial charge in [-0.05, 0) is 43.9 Å². The molecule has 2 aliphatic rings. The molecule has 2 fully saturated rings. The van der Waals surface area contributed by atoms with Gasteiger partial charge in [0.15, 0.2) is 0 Å². The van der Waals surface area contributed by atoms with E-state index in [0.717, 1.165) is 17.4 Å². The first-order valence-electron chi connectivity index (χ1n) is 7.44. The summed E-state index contributed by atoms with van der Waals surface area (Å²) in [5, 5.41) is 3.93. The first-order valence-corrected chi connectivity index (χ1v) is 7.44. The second-order valence-electron chi connectivity index (χ2n) is 6.36.